The van der Waals surface area contributed by atoms with Crippen LogP contribution < -0.4 is 0 Å². The molecule has 1 aliphatic rings. The zero-order chi connectivity index (χ0) is 6.15. The Bertz CT molecular complexity index is 80.5. The van der Waals surface area contributed by atoms with Gasteiger partial charge in [-0.3, -0.25) is 0 Å². The molecule has 1 rings (SSSR count). The third-order valence-corrected chi connectivity index (χ3v) is 2.36. The van der Waals surface area contributed by atoms with E-state index in [4.69, 9.17) is 0 Å². The minimum absolute atomic E-state index is 0.847. The van der Waals surface area contributed by atoms with Crippen molar-refractivity contribution < 1.29 is 0 Å². The van der Waals surface area contributed by atoms with Gasteiger partial charge in [0.05, 0.1) is 0 Å². The average molecular weight is 113 g/mol. The number of likely N-dealkylation sites (tertiary alicyclic amines) is 1. The summed E-state index contributed by atoms with van der Waals surface area (Å²) in [7, 11) is 2.21. The second kappa shape index (κ2) is 2.06. The molecular formula is C7H15N. The maximum atomic E-state index is 2.44. The van der Waals surface area contributed by atoms with Crippen molar-refractivity contribution in [3.8, 4) is 0 Å². The van der Waals surface area contributed by atoms with Crippen LogP contribution in [0.3, 0.4) is 0 Å². The number of hydrogen-bond donors (Lipinski definition) is 0. The van der Waals surface area contributed by atoms with Gasteiger partial charge in [0.15, 0.2) is 0 Å². The predicted octanol–water partition coefficient (Wildman–Crippen LogP) is 1.49. The highest BCUT2D eigenvalue weighted by Crippen LogP contribution is 2.24. The predicted molar refractivity (Wildman–Crippen MR) is 35.9 cm³/mol. The van der Waals surface area contributed by atoms with Gasteiger partial charge < -0.3 is 4.90 Å². The lowest BCUT2D eigenvalue weighted by Gasteiger charge is -2.44. The third-order valence-electron chi connectivity index (χ3n) is 2.36. The largest absolute Gasteiger partial charge is 0.301 e. The first kappa shape index (κ1) is 6.09. The van der Waals surface area contributed by atoms with E-state index in [-0.39, 0.29) is 0 Å². The van der Waals surface area contributed by atoms with Gasteiger partial charge in [0.25, 0.3) is 0 Å². The Labute approximate surface area is 51.7 Å². The summed E-state index contributed by atoms with van der Waals surface area (Å²) in [6.07, 6.45) is 2.73. The Morgan fingerprint density at radius 1 is 1.62 bits per heavy atom. The van der Waals surface area contributed by atoms with Crippen molar-refractivity contribution in [2.75, 3.05) is 7.05 Å². The first-order valence-corrected chi connectivity index (χ1v) is 3.47. The summed E-state index contributed by atoms with van der Waals surface area (Å²) in [5, 5.41) is 0. The van der Waals surface area contributed by atoms with E-state index in [1.807, 2.05) is 0 Å². The molecular weight excluding hydrogens is 98.1 g/mol. The molecule has 1 heteroatoms. The highest BCUT2D eigenvalue weighted by atomic mass is 15.2. The topological polar surface area (TPSA) is 3.24 Å². The minimum Gasteiger partial charge on any atom is -0.301 e. The summed E-state index contributed by atoms with van der Waals surface area (Å²) in [5.41, 5.74) is 0. The van der Waals surface area contributed by atoms with Gasteiger partial charge >= 0.3 is 0 Å². The van der Waals surface area contributed by atoms with E-state index in [1.165, 1.54) is 12.8 Å². The summed E-state index contributed by atoms with van der Waals surface area (Å²) in [6.45, 7) is 4.54. The smallest absolute Gasteiger partial charge is 0.0107 e. The molecule has 0 aromatic heterocycles. The maximum Gasteiger partial charge on any atom is 0.0107 e. The Balaban J connectivity index is 2.25. The van der Waals surface area contributed by atoms with Crippen molar-refractivity contribution in [2.45, 2.75) is 38.8 Å². The van der Waals surface area contributed by atoms with Gasteiger partial charge in [0, 0.05) is 12.1 Å². The average Bonchev–Trinajstić information content (AvgIpc) is 1.81. The summed E-state index contributed by atoms with van der Waals surface area (Å²) in [6, 6.07) is 1.74. The van der Waals surface area contributed by atoms with Crippen LogP contribution in [0.1, 0.15) is 26.7 Å². The van der Waals surface area contributed by atoms with E-state index in [0.717, 1.165) is 12.1 Å². The van der Waals surface area contributed by atoms with Crippen LogP contribution in [-0.2, 0) is 0 Å². The number of rotatable bonds is 1. The molecule has 48 valence electrons. The SMILES string of the molecule is CCC1CC(C)N1C. The Morgan fingerprint density at radius 2 is 2.25 bits per heavy atom. The Hall–Kier alpha value is -0.0400. The molecule has 2 atom stereocenters. The highest BCUT2D eigenvalue weighted by molar-refractivity contribution is 4.85. The van der Waals surface area contributed by atoms with Crippen LogP contribution in [0.4, 0.5) is 0 Å². The van der Waals surface area contributed by atoms with E-state index >= 15 is 0 Å². The first-order chi connectivity index (χ1) is 3.75. The Kier molecular flexibility index (Phi) is 1.57. The van der Waals surface area contributed by atoms with Crippen molar-refractivity contribution in [3.63, 3.8) is 0 Å². The van der Waals surface area contributed by atoms with Gasteiger partial charge in [0.2, 0.25) is 0 Å². The lowest BCUT2D eigenvalue weighted by molar-refractivity contribution is 0.0540. The van der Waals surface area contributed by atoms with E-state index in [0.29, 0.717) is 0 Å². The van der Waals surface area contributed by atoms with Crippen molar-refractivity contribution >= 4 is 0 Å². The second-order valence-electron chi connectivity index (χ2n) is 2.81. The molecule has 1 fully saturated rings. The van der Waals surface area contributed by atoms with Crippen molar-refractivity contribution in [1.29, 1.82) is 0 Å². The third kappa shape index (κ3) is 0.752. The molecule has 1 aliphatic heterocycles. The van der Waals surface area contributed by atoms with E-state index in [9.17, 15) is 0 Å². The minimum atomic E-state index is 0.847. The van der Waals surface area contributed by atoms with Gasteiger partial charge in [-0.1, -0.05) is 6.92 Å². The molecule has 0 amide bonds. The molecule has 0 aromatic rings. The van der Waals surface area contributed by atoms with Gasteiger partial charge in [-0.2, -0.15) is 0 Å². The lowest BCUT2D eigenvalue weighted by atomic mass is 9.94. The van der Waals surface area contributed by atoms with Crippen molar-refractivity contribution in [3.05, 3.63) is 0 Å². The summed E-state index contributed by atoms with van der Waals surface area (Å²) >= 11 is 0. The molecule has 1 nitrogen and oxygen atoms in total. The number of hydrogen-bond acceptors (Lipinski definition) is 1. The Morgan fingerprint density at radius 3 is 2.38 bits per heavy atom. The summed E-state index contributed by atoms with van der Waals surface area (Å²) in [4.78, 5) is 2.44. The zero-order valence-electron chi connectivity index (χ0n) is 6.02. The van der Waals surface area contributed by atoms with Crippen LogP contribution in [0.25, 0.3) is 0 Å². The molecule has 2 unspecified atom stereocenters. The van der Waals surface area contributed by atoms with Gasteiger partial charge in [-0.15, -0.1) is 0 Å². The molecule has 0 bridgehead atoms. The van der Waals surface area contributed by atoms with Crippen molar-refractivity contribution in [2.24, 2.45) is 0 Å². The second-order valence-corrected chi connectivity index (χ2v) is 2.81. The van der Waals surface area contributed by atoms with E-state index in [1.54, 1.807) is 0 Å². The van der Waals surface area contributed by atoms with Gasteiger partial charge in [-0.05, 0) is 26.8 Å². The van der Waals surface area contributed by atoms with Gasteiger partial charge in [0.1, 0.15) is 0 Å². The molecule has 0 aliphatic carbocycles. The summed E-state index contributed by atoms with van der Waals surface area (Å²) < 4.78 is 0. The number of nitrogens with zero attached hydrogens (tertiary/aromatic N) is 1. The molecule has 0 aromatic carbocycles. The monoisotopic (exact) mass is 113 g/mol. The first-order valence-electron chi connectivity index (χ1n) is 3.47. The molecule has 0 radical (unpaired) electrons. The molecule has 0 N–H and O–H groups in total. The van der Waals surface area contributed by atoms with Gasteiger partial charge in [-0.25, -0.2) is 0 Å². The van der Waals surface area contributed by atoms with Crippen molar-refractivity contribution in [1.82, 2.24) is 4.90 Å². The van der Waals surface area contributed by atoms with Crippen LogP contribution in [0.2, 0.25) is 0 Å². The standard InChI is InChI=1S/C7H15N/c1-4-7-5-6(2)8(7)3/h6-7H,4-5H2,1-3H3. The fourth-order valence-corrected chi connectivity index (χ4v) is 1.40. The maximum absolute atomic E-state index is 2.44. The van der Waals surface area contributed by atoms with Crippen LogP contribution in [0.15, 0.2) is 0 Å². The fourth-order valence-electron chi connectivity index (χ4n) is 1.40. The van der Waals surface area contributed by atoms with Crippen LogP contribution in [0, 0.1) is 0 Å². The van der Waals surface area contributed by atoms with Crippen LogP contribution >= 0.6 is 0 Å². The van der Waals surface area contributed by atoms with Crippen LogP contribution in [0.5, 0.6) is 0 Å². The fraction of sp³-hybridized carbons (Fsp3) is 1.00. The quantitative estimate of drug-likeness (QED) is 0.498. The normalized spacial score (nSPS) is 39.4. The van der Waals surface area contributed by atoms with E-state index in [2.05, 4.69) is 25.8 Å². The van der Waals surface area contributed by atoms with Crippen LogP contribution in [-0.4, -0.2) is 24.0 Å². The zero-order valence-corrected chi connectivity index (χ0v) is 6.02. The molecule has 1 heterocycles. The molecule has 1 saturated heterocycles. The molecule has 0 saturated carbocycles. The molecule has 0 spiro atoms. The highest BCUT2D eigenvalue weighted by Gasteiger charge is 2.29. The van der Waals surface area contributed by atoms with E-state index < -0.39 is 0 Å². The molecule has 8 heavy (non-hydrogen) atoms. The lowest BCUT2D eigenvalue weighted by Crippen LogP contribution is -2.51. The summed E-state index contributed by atoms with van der Waals surface area (Å²) in [5.74, 6) is 0.